The number of ether oxygens (including phenoxy) is 1. The highest BCUT2D eigenvalue weighted by Crippen LogP contribution is 2.34. The van der Waals surface area contributed by atoms with Gasteiger partial charge in [-0.15, -0.1) is 11.3 Å². The second kappa shape index (κ2) is 7.93. The number of anilines is 1. The van der Waals surface area contributed by atoms with E-state index in [4.69, 9.17) is 4.74 Å². The molecule has 7 heteroatoms. The van der Waals surface area contributed by atoms with E-state index in [9.17, 15) is 14.4 Å². The van der Waals surface area contributed by atoms with Crippen molar-refractivity contribution >= 4 is 34.1 Å². The summed E-state index contributed by atoms with van der Waals surface area (Å²) in [6.07, 6.45) is 0.289. The minimum absolute atomic E-state index is 0.144. The molecule has 0 fully saturated rings. The van der Waals surface area contributed by atoms with E-state index in [1.807, 2.05) is 13.8 Å². The van der Waals surface area contributed by atoms with Crippen LogP contribution in [0.1, 0.15) is 52.8 Å². The number of esters is 1. The molecule has 6 nitrogen and oxygen atoms in total. The lowest BCUT2D eigenvalue weighted by atomic mass is 10.1. The van der Waals surface area contributed by atoms with Crippen LogP contribution in [0.2, 0.25) is 0 Å². The van der Waals surface area contributed by atoms with Crippen molar-refractivity contribution in [1.82, 2.24) is 4.90 Å². The van der Waals surface area contributed by atoms with Crippen molar-refractivity contribution in [1.29, 1.82) is 0 Å². The van der Waals surface area contributed by atoms with Gasteiger partial charge in [0.25, 0.3) is 5.91 Å². The van der Waals surface area contributed by atoms with Crippen molar-refractivity contribution in [2.75, 3.05) is 25.5 Å². The van der Waals surface area contributed by atoms with E-state index in [1.54, 1.807) is 18.7 Å². The second-order valence-electron chi connectivity index (χ2n) is 4.63. The highest BCUT2D eigenvalue weighted by Gasteiger charge is 2.27. The molecule has 0 saturated carbocycles. The number of nitrogens with one attached hydrogen (secondary N) is 1. The first-order chi connectivity index (χ1) is 10.4. The third-order valence-corrected chi connectivity index (χ3v) is 4.55. The van der Waals surface area contributed by atoms with Crippen molar-refractivity contribution in [2.45, 2.75) is 34.1 Å². The number of hydrogen-bond acceptors (Lipinski definition) is 5. The van der Waals surface area contributed by atoms with E-state index < -0.39 is 5.97 Å². The molecule has 1 aromatic heterocycles. The predicted octanol–water partition coefficient (Wildman–Crippen LogP) is 2.67. The molecule has 0 aliphatic heterocycles. The molecule has 0 aromatic carbocycles. The average molecular weight is 326 g/mol. The number of thiophene rings is 1. The summed E-state index contributed by atoms with van der Waals surface area (Å²) >= 11 is 1.12. The van der Waals surface area contributed by atoms with E-state index >= 15 is 0 Å². The molecule has 122 valence electrons. The van der Waals surface area contributed by atoms with E-state index in [0.29, 0.717) is 28.5 Å². The summed E-state index contributed by atoms with van der Waals surface area (Å²) in [5.41, 5.74) is 0.796. The van der Waals surface area contributed by atoms with Gasteiger partial charge in [-0.2, -0.15) is 0 Å². The van der Waals surface area contributed by atoms with Crippen molar-refractivity contribution in [3.05, 3.63) is 16.0 Å². The Balaban J connectivity index is 3.34. The Labute approximate surface area is 134 Å². The Hall–Kier alpha value is -1.89. The van der Waals surface area contributed by atoms with E-state index in [0.717, 1.165) is 11.3 Å². The molecule has 0 unspecified atom stereocenters. The Morgan fingerprint density at radius 1 is 1.18 bits per heavy atom. The Kier molecular flexibility index (Phi) is 6.55. The van der Waals surface area contributed by atoms with Gasteiger partial charge in [0.05, 0.1) is 17.6 Å². The smallest absolute Gasteiger partial charge is 0.341 e. The molecule has 1 aromatic rings. The van der Waals surface area contributed by atoms with Gasteiger partial charge in [0, 0.05) is 19.5 Å². The number of carbonyl (C=O) groups is 3. The Morgan fingerprint density at radius 3 is 2.23 bits per heavy atom. The topological polar surface area (TPSA) is 75.7 Å². The fourth-order valence-corrected chi connectivity index (χ4v) is 3.20. The number of hydrogen-bond donors (Lipinski definition) is 1. The van der Waals surface area contributed by atoms with Gasteiger partial charge in [0.1, 0.15) is 5.00 Å². The van der Waals surface area contributed by atoms with Gasteiger partial charge >= 0.3 is 5.97 Å². The van der Waals surface area contributed by atoms with E-state index in [2.05, 4.69) is 5.32 Å². The molecular weight excluding hydrogens is 304 g/mol. The highest BCUT2D eigenvalue weighted by atomic mass is 32.1. The van der Waals surface area contributed by atoms with Crippen LogP contribution < -0.4 is 5.32 Å². The molecule has 22 heavy (non-hydrogen) atoms. The van der Waals surface area contributed by atoms with Gasteiger partial charge in [-0.3, -0.25) is 9.59 Å². The minimum Gasteiger partial charge on any atom is -0.465 e. The number of carbonyl (C=O) groups excluding carboxylic acids is 3. The van der Waals surface area contributed by atoms with E-state index in [-0.39, 0.29) is 23.8 Å². The van der Waals surface area contributed by atoms with Gasteiger partial charge in [-0.1, -0.05) is 6.92 Å². The second-order valence-corrected chi connectivity index (χ2v) is 5.65. The first-order valence-corrected chi connectivity index (χ1v) is 8.03. The van der Waals surface area contributed by atoms with Crippen molar-refractivity contribution < 1.29 is 19.1 Å². The number of rotatable bonds is 6. The SMILES string of the molecule is CCC(=O)Nc1sc(C(=O)N(CC)CC)c(C)c1C(=O)OC. The third-order valence-electron chi connectivity index (χ3n) is 3.36. The van der Waals surface area contributed by atoms with Gasteiger partial charge in [0.2, 0.25) is 5.91 Å². The van der Waals surface area contributed by atoms with Crippen molar-refractivity contribution in [2.24, 2.45) is 0 Å². The van der Waals surface area contributed by atoms with Crippen LogP contribution in [0.25, 0.3) is 0 Å². The lowest BCUT2D eigenvalue weighted by Gasteiger charge is -2.17. The zero-order chi connectivity index (χ0) is 16.9. The van der Waals surface area contributed by atoms with Crippen molar-refractivity contribution in [3.63, 3.8) is 0 Å². The van der Waals surface area contributed by atoms with Gasteiger partial charge < -0.3 is 15.0 Å². The highest BCUT2D eigenvalue weighted by molar-refractivity contribution is 7.18. The molecular formula is C15H22N2O4S. The molecule has 0 aliphatic carbocycles. The van der Waals surface area contributed by atoms with Crippen LogP contribution in [-0.4, -0.2) is 42.9 Å². The quantitative estimate of drug-likeness (QED) is 0.816. The summed E-state index contributed by atoms with van der Waals surface area (Å²) in [7, 11) is 1.27. The molecule has 1 heterocycles. The predicted molar refractivity (Wildman–Crippen MR) is 86.6 cm³/mol. The van der Waals surface area contributed by atoms with Crippen LogP contribution in [-0.2, 0) is 9.53 Å². The average Bonchev–Trinajstić information content (AvgIpc) is 2.83. The van der Waals surface area contributed by atoms with Gasteiger partial charge in [-0.25, -0.2) is 4.79 Å². The lowest BCUT2D eigenvalue weighted by Crippen LogP contribution is -2.30. The number of methoxy groups -OCH3 is 1. The van der Waals surface area contributed by atoms with E-state index in [1.165, 1.54) is 7.11 Å². The summed E-state index contributed by atoms with van der Waals surface area (Å²) < 4.78 is 4.77. The number of amides is 2. The minimum atomic E-state index is -0.557. The molecule has 0 aliphatic rings. The van der Waals surface area contributed by atoms with Crippen molar-refractivity contribution in [3.8, 4) is 0 Å². The summed E-state index contributed by atoms with van der Waals surface area (Å²) in [6, 6.07) is 0. The van der Waals surface area contributed by atoms with Crippen LogP contribution in [0.15, 0.2) is 0 Å². The summed E-state index contributed by atoms with van der Waals surface area (Å²) in [5, 5.41) is 3.04. The Bertz CT molecular complexity index is 576. The molecule has 0 spiro atoms. The van der Waals surface area contributed by atoms with Gasteiger partial charge in [-0.05, 0) is 26.3 Å². The molecule has 0 radical (unpaired) electrons. The van der Waals surface area contributed by atoms with Crippen LogP contribution >= 0.6 is 11.3 Å². The zero-order valence-electron chi connectivity index (χ0n) is 13.6. The fraction of sp³-hybridized carbons (Fsp3) is 0.533. The number of nitrogens with zero attached hydrogens (tertiary/aromatic N) is 1. The maximum Gasteiger partial charge on any atom is 0.341 e. The normalized spacial score (nSPS) is 10.2. The molecule has 0 atom stereocenters. The monoisotopic (exact) mass is 326 g/mol. The van der Waals surface area contributed by atoms with Crippen LogP contribution in [0, 0.1) is 6.92 Å². The molecule has 1 N–H and O–H groups in total. The largest absolute Gasteiger partial charge is 0.465 e. The maximum atomic E-state index is 12.5. The molecule has 0 saturated heterocycles. The van der Waals surface area contributed by atoms with Crippen LogP contribution in [0.5, 0.6) is 0 Å². The lowest BCUT2D eigenvalue weighted by molar-refractivity contribution is -0.115. The molecule has 1 rings (SSSR count). The van der Waals surface area contributed by atoms with Crippen LogP contribution in [0.4, 0.5) is 5.00 Å². The van der Waals surface area contributed by atoms with Gasteiger partial charge in [0.15, 0.2) is 0 Å². The molecule has 0 bridgehead atoms. The third kappa shape index (κ3) is 3.65. The summed E-state index contributed by atoms with van der Waals surface area (Å²) in [5.74, 6) is -0.915. The first-order valence-electron chi connectivity index (χ1n) is 7.21. The van der Waals surface area contributed by atoms with Crippen LogP contribution in [0.3, 0.4) is 0 Å². The standard InChI is InChI=1S/C15H22N2O4S/c1-6-10(18)16-13-11(15(20)21-5)9(4)12(22-13)14(19)17(7-2)8-3/h6-8H2,1-5H3,(H,16,18). The Morgan fingerprint density at radius 2 is 1.77 bits per heavy atom. The fourth-order valence-electron chi connectivity index (χ4n) is 2.02. The zero-order valence-corrected chi connectivity index (χ0v) is 14.4. The summed E-state index contributed by atoms with van der Waals surface area (Å²) in [6.45, 7) is 8.36. The molecule has 2 amide bonds. The maximum absolute atomic E-state index is 12.5. The summed E-state index contributed by atoms with van der Waals surface area (Å²) in [4.78, 5) is 38.3. The first kappa shape index (κ1) is 18.2.